The molecule has 1 N–H and O–H groups in total. The smallest absolute Gasteiger partial charge is 0.325 e. The van der Waals surface area contributed by atoms with Crippen molar-refractivity contribution in [2.24, 2.45) is 5.10 Å². The normalized spacial score (nSPS) is 21.9. The first-order valence-corrected chi connectivity index (χ1v) is 11.7. The minimum Gasteiger partial charge on any atom is -0.467 e. The standard InChI is InChI=1S/C26H23ClN4O4/c1-2-26(18-7-4-3-5-8-18)24(33)30(25(34)28-26)16-23(32)31-21(22-9-6-14-35-22)15-20(29-31)17-10-12-19(27)13-11-17/h3-14,21H,2,15-16H2,1H3,(H,28,34)/t21-,26+/m1/s1. The van der Waals surface area contributed by atoms with Crippen molar-refractivity contribution in [3.8, 4) is 0 Å². The average Bonchev–Trinajstić information content (AvgIpc) is 3.61. The maximum absolute atomic E-state index is 13.5. The number of hydrazone groups is 1. The number of urea groups is 1. The first-order valence-electron chi connectivity index (χ1n) is 11.3. The summed E-state index contributed by atoms with van der Waals surface area (Å²) < 4.78 is 5.57. The Balaban J connectivity index is 1.42. The van der Waals surface area contributed by atoms with Crippen LogP contribution >= 0.6 is 11.6 Å². The quantitative estimate of drug-likeness (QED) is 0.516. The van der Waals surface area contributed by atoms with Gasteiger partial charge in [-0.1, -0.05) is 61.0 Å². The van der Waals surface area contributed by atoms with E-state index in [9.17, 15) is 14.4 Å². The van der Waals surface area contributed by atoms with Gasteiger partial charge in [-0.25, -0.2) is 9.80 Å². The number of nitrogens with zero attached hydrogens (tertiary/aromatic N) is 3. The maximum Gasteiger partial charge on any atom is 0.325 e. The van der Waals surface area contributed by atoms with Gasteiger partial charge in [0, 0.05) is 11.4 Å². The molecule has 2 atom stereocenters. The first kappa shape index (κ1) is 22.9. The van der Waals surface area contributed by atoms with Crippen molar-refractivity contribution in [2.45, 2.75) is 31.3 Å². The molecule has 4 amide bonds. The summed E-state index contributed by atoms with van der Waals surface area (Å²) in [6.07, 6.45) is 2.30. The van der Waals surface area contributed by atoms with E-state index < -0.39 is 36.0 Å². The van der Waals surface area contributed by atoms with Crippen LogP contribution in [0.3, 0.4) is 0 Å². The predicted octanol–water partition coefficient (Wildman–Crippen LogP) is 4.47. The molecule has 1 aromatic heterocycles. The molecule has 3 aromatic rings. The fourth-order valence-electron chi connectivity index (χ4n) is 4.60. The number of hydrogen-bond acceptors (Lipinski definition) is 5. The van der Waals surface area contributed by atoms with Crippen LogP contribution in [0.4, 0.5) is 4.79 Å². The number of carbonyl (C=O) groups excluding carboxylic acids is 3. The molecule has 2 aliphatic rings. The van der Waals surface area contributed by atoms with Gasteiger partial charge < -0.3 is 9.73 Å². The zero-order valence-electron chi connectivity index (χ0n) is 19.0. The summed E-state index contributed by atoms with van der Waals surface area (Å²) in [4.78, 5) is 40.7. The van der Waals surface area contributed by atoms with Crippen LogP contribution in [0, 0.1) is 0 Å². The van der Waals surface area contributed by atoms with Crippen molar-refractivity contribution in [3.05, 3.63) is 94.9 Å². The maximum atomic E-state index is 13.5. The van der Waals surface area contributed by atoms with Gasteiger partial charge in [0.2, 0.25) is 0 Å². The molecule has 2 aromatic carbocycles. The van der Waals surface area contributed by atoms with Crippen molar-refractivity contribution in [2.75, 3.05) is 6.54 Å². The zero-order chi connectivity index (χ0) is 24.6. The van der Waals surface area contributed by atoms with E-state index in [1.165, 1.54) is 11.3 Å². The molecule has 1 saturated heterocycles. The van der Waals surface area contributed by atoms with Crippen LogP contribution < -0.4 is 5.32 Å². The van der Waals surface area contributed by atoms with Gasteiger partial charge in [-0.2, -0.15) is 5.10 Å². The SMILES string of the molecule is CC[C@@]1(c2ccccc2)NC(=O)N(CC(=O)N2N=C(c3ccc(Cl)cc3)C[C@@H]2c2ccco2)C1=O. The molecule has 0 radical (unpaired) electrons. The van der Waals surface area contributed by atoms with Gasteiger partial charge >= 0.3 is 6.03 Å². The zero-order valence-corrected chi connectivity index (χ0v) is 19.7. The van der Waals surface area contributed by atoms with E-state index >= 15 is 0 Å². The molecule has 0 spiro atoms. The highest BCUT2D eigenvalue weighted by atomic mass is 35.5. The van der Waals surface area contributed by atoms with Gasteiger partial charge in [0.1, 0.15) is 23.9 Å². The highest BCUT2D eigenvalue weighted by Crippen LogP contribution is 2.35. The Morgan fingerprint density at radius 2 is 1.86 bits per heavy atom. The van der Waals surface area contributed by atoms with Crippen molar-refractivity contribution in [1.82, 2.24) is 15.2 Å². The number of benzene rings is 2. The van der Waals surface area contributed by atoms with Crippen LogP contribution in [-0.2, 0) is 15.1 Å². The molecule has 2 aliphatic heterocycles. The summed E-state index contributed by atoms with van der Waals surface area (Å²) in [7, 11) is 0. The fourth-order valence-corrected chi connectivity index (χ4v) is 4.73. The minimum atomic E-state index is -1.21. The lowest BCUT2D eigenvalue weighted by Gasteiger charge is -2.26. The highest BCUT2D eigenvalue weighted by molar-refractivity contribution is 6.30. The highest BCUT2D eigenvalue weighted by Gasteiger charge is 2.52. The monoisotopic (exact) mass is 490 g/mol. The van der Waals surface area contributed by atoms with Gasteiger partial charge in [-0.3, -0.25) is 14.5 Å². The molecule has 1 fully saturated rings. The van der Waals surface area contributed by atoms with E-state index in [1.807, 2.05) is 37.3 Å². The third-order valence-electron chi connectivity index (χ3n) is 6.48. The number of amides is 4. The summed E-state index contributed by atoms with van der Waals surface area (Å²) in [5.41, 5.74) is 0.974. The van der Waals surface area contributed by atoms with E-state index in [2.05, 4.69) is 10.4 Å². The van der Waals surface area contributed by atoms with Gasteiger partial charge in [-0.05, 0) is 41.8 Å². The molecule has 178 valence electrons. The number of halogens is 1. The number of furan rings is 1. The second kappa shape index (κ2) is 9.03. The van der Waals surface area contributed by atoms with Crippen molar-refractivity contribution in [3.63, 3.8) is 0 Å². The van der Waals surface area contributed by atoms with Crippen LogP contribution in [-0.4, -0.2) is 40.0 Å². The van der Waals surface area contributed by atoms with Crippen LogP contribution in [0.1, 0.15) is 42.7 Å². The number of imide groups is 1. The predicted molar refractivity (Wildman–Crippen MR) is 130 cm³/mol. The topological polar surface area (TPSA) is 95.2 Å². The largest absolute Gasteiger partial charge is 0.467 e. The second-order valence-corrected chi connectivity index (χ2v) is 8.91. The molecular weight excluding hydrogens is 468 g/mol. The molecule has 8 nitrogen and oxygen atoms in total. The minimum absolute atomic E-state index is 0.351. The van der Waals surface area contributed by atoms with Crippen molar-refractivity contribution in [1.29, 1.82) is 0 Å². The first-order chi connectivity index (χ1) is 16.9. The average molecular weight is 491 g/mol. The van der Waals surface area contributed by atoms with Crippen molar-refractivity contribution >= 4 is 35.2 Å². The van der Waals surface area contributed by atoms with E-state index in [1.54, 1.807) is 36.4 Å². The lowest BCUT2D eigenvalue weighted by atomic mass is 9.87. The van der Waals surface area contributed by atoms with Crippen molar-refractivity contribution < 1.29 is 18.8 Å². The van der Waals surface area contributed by atoms with E-state index in [-0.39, 0.29) is 0 Å². The Kier molecular flexibility index (Phi) is 5.90. The number of carbonyl (C=O) groups is 3. The summed E-state index contributed by atoms with van der Waals surface area (Å²) in [5, 5.41) is 9.27. The van der Waals surface area contributed by atoms with Crippen LogP contribution in [0.5, 0.6) is 0 Å². The third kappa shape index (κ3) is 4.00. The van der Waals surface area contributed by atoms with Crippen LogP contribution in [0.2, 0.25) is 5.02 Å². The molecule has 5 rings (SSSR count). The molecule has 0 saturated carbocycles. The van der Waals surface area contributed by atoms with Crippen LogP contribution in [0.15, 0.2) is 82.5 Å². The fraction of sp³-hybridized carbons (Fsp3) is 0.231. The Hall–Kier alpha value is -3.91. The molecular formula is C26H23ClN4O4. The van der Waals surface area contributed by atoms with Gasteiger partial charge in [0.25, 0.3) is 11.8 Å². The Labute approximate surface area is 207 Å². The lowest BCUT2D eigenvalue weighted by Crippen LogP contribution is -2.45. The summed E-state index contributed by atoms with van der Waals surface area (Å²) in [6.45, 7) is 1.39. The Morgan fingerprint density at radius 3 is 2.51 bits per heavy atom. The summed E-state index contributed by atoms with van der Waals surface area (Å²) >= 11 is 6.01. The number of rotatable bonds is 6. The van der Waals surface area contributed by atoms with Gasteiger partial charge in [0.15, 0.2) is 0 Å². The lowest BCUT2D eigenvalue weighted by molar-refractivity contribution is -0.140. The van der Waals surface area contributed by atoms with E-state index in [0.717, 1.165) is 10.5 Å². The summed E-state index contributed by atoms with van der Waals surface area (Å²) in [5.74, 6) is -0.380. The van der Waals surface area contributed by atoms with Gasteiger partial charge in [0.05, 0.1) is 12.0 Å². The molecule has 0 unspecified atom stereocenters. The number of hydrogen-bond donors (Lipinski definition) is 1. The van der Waals surface area contributed by atoms with Gasteiger partial charge in [-0.15, -0.1) is 0 Å². The summed E-state index contributed by atoms with van der Waals surface area (Å²) in [6, 6.07) is 18.7. The molecule has 35 heavy (non-hydrogen) atoms. The molecule has 0 aliphatic carbocycles. The van der Waals surface area contributed by atoms with E-state index in [4.69, 9.17) is 16.0 Å². The van der Waals surface area contributed by atoms with E-state index in [0.29, 0.717) is 34.9 Å². The van der Waals surface area contributed by atoms with Crippen LogP contribution in [0.25, 0.3) is 0 Å². The Bertz CT molecular complexity index is 1290. The third-order valence-corrected chi connectivity index (χ3v) is 6.73. The number of nitrogens with one attached hydrogen (secondary N) is 1. The Morgan fingerprint density at radius 1 is 1.11 bits per heavy atom. The molecule has 9 heteroatoms. The second-order valence-electron chi connectivity index (χ2n) is 8.47. The molecule has 0 bridgehead atoms. The molecule has 3 heterocycles.